The minimum atomic E-state index is -0.789. The van der Waals surface area contributed by atoms with Gasteiger partial charge >= 0.3 is 0 Å². The SMILES string of the molecule is CCC(C)Nc1ccc(Oc2ccc3nc(COc4ccc(CC5(C)SC(=O)NC5=O)cc4)n(C)c3c2)cc1. The van der Waals surface area contributed by atoms with Gasteiger partial charge < -0.3 is 19.4 Å². The second-order valence-electron chi connectivity index (χ2n) is 10.0. The van der Waals surface area contributed by atoms with Gasteiger partial charge in [0.25, 0.3) is 5.24 Å². The molecule has 5 rings (SSSR count). The Balaban J connectivity index is 1.21. The van der Waals surface area contributed by atoms with Crippen molar-refractivity contribution >= 4 is 39.6 Å². The summed E-state index contributed by atoms with van der Waals surface area (Å²) in [7, 11) is 1.96. The highest BCUT2D eigenvalue weighted by atomic mass is 32.2. The molecule has 0 radical (unpaired) electrons. The number of benzene rings is 3. The highest BCUT2D eigenvalue weighted by molar-refractivity contribution is 8.16. The van der Waals surface area contributed by atoms with Crippen molar-refractivity contribution in [3.05, 3.63) is 78.1 Å². The Morgan fingerprint density at radius 2 is 1.72 bits per heavy atom. The number of hydrogen-bond acceptors (Lipinski definition) is 7. The average molecular weight is 545 g/mol. The summed E-state index contributed by atoms with van der Waals surface area (Å²) >= 11 is 1.04. The number of imidazole rings is 1. The van der Waals surface area contributed by atoms with Crippen LogP contribution >= 0.6 is 11.8 Å². The van der Waals surface area contributed by atoms with E-state index in [-0.39, 0.29) is 11.1 Å². The van der Waals surface area contributed by atoms with Crippen LogP contribution in [-0.4, -0.2) is 31.5 Å². The van der Waals surface area contributed by atoms with Crippen molar-refractivity contribution in [2.24, 2.45) is 7.05 Å². The molecule has 4 aromatic rings. The summed E-state index contributed by atoms with van der Waals surface area (Å²) in [6.45, 7) is 6.40. The minimum absolute atomic E-state index is 0.250. The predicted octanol–water partition coefficient (Wildman–Crippen LogP) is 6.44. The molecule has 1 fully saturated rings. The topological polar surface area (TPSA) is 94.5 Å². The zero-order chi connectivity index (χ0) is 27.6. The molecule has 0 saturated carbocycles. The van der Waals surface area contributed by atoms with E-state index >= 15 is 0 Å². The summed E-state index contributed by atoms with van der Waals surface area (Å²) in [5.41, 5.74) is 3.84. The van der Waals surface area contributed by atoms with E-state index < -0.39 is 4.75 Å². The lowest BCUT2D eigenvalue weighted by atomic mass is 9.99. The zero-order valence-corrected chi connectivity index (χ0v) is 23.3. The van der Waals surface area contributed by atoms with Crippen LogP contribution in [0.25, 0.3) is 11.0 Å². The number of carbonyl (C=O) groups excluding carboxylic acids is 2. The summed E-state index contributed by atoms with van der Waals surface area (Å²) in [4.78, 5) is 28.4. The monoisotopic (exact) mass is 544 g/mol. The standard InChI is InChI=1S/C30H32N4O4S/c1-5-19(2)31-21-8-12-23(13-9-21)38-24-14-15-25-26(16-24)34(4)27(32-25)18-37-22-10-6-20(7-11-22)17-30(3)28(35)33-29(36)39-30/h6-16,19,31H,5,17-18H2,1-4H3,(H,33,35,36). The number of fused-ring (bicyclic) bond motifs is 1. The van der Waals surface area contributed by atoms with Crippen LogP contribution in [0.5, 0.6) is 17.2 Å². The molecule has 1 aliphatic heterocycles. The van der Waals surface area contributed by atoms with Crippen molar-refractivity contribution in [1.82, 2.24) is 14.9 Å². The number of amides is 2. The van der Waals surface area contributed by atoms with Gasteiger partial charge in [0, 0.05) is 24.8 Å². The lowest BCUT2D eigenvalue weighted by Crippen LogP contribution is -2.35. The van der Waals surface area contributed by atoms with E-state index in [1.807, 2.05) is 78.3 Å². The van der Waals surface area contributed by atoms with Crippen LogP contribution in [0.2, 0.25) is 0 Å². The predicted molar refractivity (Wildman–Crippen MR) is 155 cm³/mol. The van der Waals surface area contributed by atoms with Crippen molar-refractivity contribution in [2.75, 3.05) is 5.32 Å². The van der Waals surface area contributed by atoms with E-state index in [0.29, 0.717) is 24.8 Å². The Morgan fingerprint density at radius 3 is 2.38 bits per heavy atom. The number of nitrogens with zero attached hydrogens (tertiary/aromatic N) is 2. The van der Waals surface area contributed by atoms with Gasteiger partial charge in [0.1, 0.15) is 34.4 Å². The number of rotatable bonds is 10. The Bertz CT molecular complexity index is 1500. The van der Waals surface area contributed by atoms with Gasteiger partial charge in [-0.15, -0.1) is 0 Å². The molecule has 0 aliphatic carbocycles. The van der Waals surface area contributed by atoms with E-state index in [4.69, 9.17) is 14.5 Å². The average Bonchev–Trinajstić information content (AvgIpc) is 3.37. The van der Waals surface area contributed by atoms with Gasteiger partial charge in [0.2, 0.25) is 5.91 Å². The third kappa shape index (κ3) is 6.04. The fourth-order valence-corrected chi connectivity index (χ4v) is 5.35. The van der Waals surface area contributed by atoms with Gasteiger partial charge in [0.05, 0.1) is 11.0 Å². The lowest BCUT2D eigenvalue weighted by molar-refractivity contribution is -0.121. The van der Waals surface area contributed by atoms with Crippen molar-refractivity contribution < 1.29 is 19.1 Å². The number of aryl methyl sites for hydroxylation is 1. The summed E-state index contributed by atoms with van der Waals surface area (Å²) < 4.78 is 13.3. The van der Waals surface area contributed by atoms with Crippen LogP contribution in [-0.2, 0) is 24.9 Å². The number of carbonyl (C=O) groups is 2. The molecular formula is C30H32N4O4S. The van der Waals surface area contributed by atoms with E-state index in [2.05, 4.69) is 24.5 Å². The fourth-order valence-electron chi connectivity index (χ4n) is 4.41. The van der Waals surface area contributed by atoms with Crippen molar-refractivity contribution in [3.8, 4) is 17.2 Å². The van der Waals surface area contributed by atoms with Gasteiger partial charge in [-0.25, -0.2) is 4.98 Å². The smallest absolute Gasteiger partial charge is 0.286 e. The fraction of sp³-hybridized carbons (Fsp3) is 0.300. The summed E-state index contributed by atoms with van der Waals surface area (Å²) in [6.07, 6.45) is 1.52. The molecule has 202 valence electrons. The highest BCUT2D eigenvalue weighted by Gasteiger charge is 2.43. The summed E-state index contributed by atoms with van der Waals surface area (Å²) in [5.74, 6) is 2.75. The van der Waals surface area contributed by atoms with Gasteiger partial charge in [0.15, 0.2) is 0 Å². The Labute approximate surface area is 232 Å². The van der Waals surface area contributed by atoms with Crippen LogP contribution in [0.3, 0.4) is 0 Å². The largest absolute Gasteiger partial charge is 0.486 e. The molecule has 39 heavy (non-hydrogen) atoms. The van der Waals surface area contributed by atoms with Crippen molar-refractivity contribution in [2.45, 2.75) is 51.0 Å². The molecule has 0 bridgehead atoms. The first-order chi connectivity index (χ1) is 18.7. The van der Waals surface area contributed by atoms with Crippen molar-refractivity contribution in [1.29, 1.82) is 0 Å². The molecule has 2 N–H and O–H groups in total. The molecule has 3 aromatic carbocycles. The van der Waals surface area contributed by atoms with Gasteiger partial charge in [-0.3, -0.25) is 14.9 Å². The molecule has 1 aliphatic rings. The Hall–Kier alpha value is -3.98. The summed E-state index contributed by atoms with van der Waals surface area (Å²) in [6, 6.07) is 21.8. The molecule has 2 amide bonds. The summed E-state index contributed by atoms with van der Waals surface area (Å²) in [5, 5.41) is 5.52. The molecule has 8 nitrogen and oxygen atoms in total. The first-order valence-electron chi connectivity index (χ1n) is 13.0. The van der Waals surface area contributed by atoms with E-state index in [0.717, 1.165) is 57.8 Å². The van der Waals surface area contributed by atoms with Crippen LogP contribution in [0, 0.1) is 0 Å². The quantitative estimate of drug-likeness (QED) is 0.237. The number of thioether (sulfide) groups is 1. The first kappa shape index (κ1) is 26.6. The normalized spacial score (nSPS) is 17.7. The molecule has 0 spiro atoms. The van der Waals surface area contributed by atoms with E-state index in [1.54, 1.807) is 6.92 Å². The van der Waals surface area contributed by atoms with Crippen LogP contribution in [0.4, 0.5) is 10.5 Å². The van der Waals surface area contributed by atoms with Gasteiger partial charge in [-0.2, -0.15) is 0 Å². The van der Waals surface area contributed by atoms with Gasteiger partial charge in [-0.1, -0.05) is 19.1 Å². The maximum Gasteiger partial charge on any atom is 0.286 e. The third-order valence-electron chi connectivity index (χ3n) is 6.91. The Morgan fingerprint density at radius 1 is 1.03 bits per heavy atom. The Kier molecular flexibility index (Phi) is 7.52. The zero-order valence-electron chi connectivity index (χ0n) is 22.5. The molecule has 2 atom stereocenters. The first-order valence-corrected chi connectivity index (χ1v) is 13.8. The molecule has 2 heterocycles. The number of aromatic nitrogens is 2. The number of nitrogens with one attached hydrogen (secondary N) is 2. The molecule has 1 saturated heterocycles. The number of ether oxygens (including phenoxy) is 2. The van der Waals surface area contributed by atoms with Crippen LogP contribution in [0.15, 0.2) is 66.7 Å². The number of hydrogen-bond donors (Lipinski definition) is 2. The molecular weight excluding hydrogens is 512 g/mol. The number of imide groups is 1. The molecule has 9 heteroatoms. The van der Waals surface area contributed by atoms with E-state index in [1.165, 1.54) is 0 Å². The second-order valence-corrected chi connectivity index (χ2v) is 11.5. The second kappa shape index (κ2) is 11.0. The maximum atomic E-state index is 12.1. The third-order valence-corrected chi connectivity index (χ3v) is 7.97. The minimum Gasteiger partial charge on any atom is -0.486 e. The molecule has 2 unspecified atom stereocenters. The molecule has 1 aromatic heterocycles. The van der Waals surface area contributed by atoms with Crippen molar-refractivity contribution in [3.63, 3.8) is 0 Å². The number of anilines is 1. The van der Waals surface area contributed by atoms with Gasteiger partial charge in [-0.05, 0) is 92.5 Å². The van der Waals surface area contributed by atoms with Crippen LogP contribution in [0.1, 0.15) is 38.6 Å². The van der Waals surface area contributed by atoms with Crippen LogP contribution < -0.4 is 20.1 Å². The highest BCUT2D eigenvalue weighted by Crippen LogP contribution is 2.35. The van der Waals surface area contributed by atoms with E-state index in [9.17, 15) is 9.59 Å². The maximum absolute atomic E-state index is 12.1. The lowest BCUT2D eigenvalue weighted by Gasteiger charge is -2.18.